The molecule has 10 atom stereocenters. The van der Waals surface area contributed by atoms with Crippen LogP contribution in [0.3, 0.4) is 0 Å². The molecule has 1 aromatic carbocycles. The summed E-state index contributed by atoms with van der Waals surface area (Å²) in [5.41, 5.74) is 0.896. The molecule has 3 rings (SSSR count). The fourth-order valence-corrected chi connectivity index (χ4v) is 4.55. The molecular formula is C26H39NO11. The first-order valence-electron chi connectivity index (χ1n) is 12.8. The fraction of sp³-hybridized carbons (Fsp3) is 0.692. The number of hydrogen-bond acceptors (Lipinski definition) is 11. The number of ether oxygens (including phenoxy) is 6. The summed E-state index contributed by atoms with van der Waals surface area (Å²) in [7, 11) is 0. The molecule has 2 saturated heterocycles. The Morgan fingerprint density at radius 1 is 0.974 bits per heavy atom. The highest BCUT2D eigenvalue weighted by Crippen LogP contribution is 2.33. The van der Waals surface area contributed by atoms with E-state index in [0.717, 1.165) is 5.56 Å². The average molecular weight is 542 g/mol. The second kappa shape index (κ2) is 14.3. The Hall–Kier alpha value is -2.16. The third kappa shape index (κ3) is 7.70. The van der Waals surface area contributed by atoms with Gasteiger partial charge in [0.2, 0.25) is 5.91 Å². The lowest BCUT2D eigenvalue weighted by atomic mass is 9.95. The average Bonchev–Trinajstić information content (AvgIpc) is 2.88. The van der Waals surface area contributed by atoms with Crippen LogP contribution in [0.25, 0.3) is 0 Å². The van der Waals surface area contributed by atoms with Crippen LogP contribution in [0.1, 0.15) is 39.7 Å². The number of hydrogen-bond donors (Lipinski definition) is 4. The van der Waals surface area contributed by atoms with E-state index in [-0.39, 0.29) is 6.61 Å². The summed E-state index contributed by atoms with van der Waals surface area (Å²) in [6.07, 6.45) is -9.43. The van der Waals surface area contributed by atoms with Gasteiger partial charge in [0.25, 0.3) is 0 Å². The van der Waals surface area contributed by atoms with E-state index < -0.39 is 79.8 Å². The van der Waals surface area contributed by atoms with E-state index in [0.29, 0.717) is 13.0 Å². The smallest absolute Gasteiger partial charge is 0.303 e. The molecule has 0 saturated carbocycles. The normalized spacial score (nSPS) is 35.4. The Morgan fingerprint density at radius 3 is 2.29 bits per heavy atom. The van der Waals surface area contributed by atoms with Gasteiger partial charge in [-0.3, -0.25) is 9.59 Å². The molecule has 214 valence electrons. The number of esters is 1. The summed E-state index contributed by atoms with van der Waals surface area (Å²) >= 11 is 0. The first kappa shape index (κ1) is 30.4. The number of aliphatic hydroxyl groups is 3. The van der Waals surface area contributed by atoms with Crippen LogP contribution in [0.4, 0.5) is 0 Å². The van der Waals surface area contributed by atoms with Gasteiger partial charge in [0.05, 0.1) is 19.3 Å². The lowest BCUT2D eigenvalue weighted by Crippen LogP contribution is -2.67. The van der Waals surface area contributed by atoms with E-state index in [1.54, 1.807) is 6.92 Å². The van der Waals surface area contributed by atoms with E-state index in [2.05, 4.69) is 5.32 Å². The zero-order valence-electron chi connectivity index (χ0n) is 22.1. The van der Waals surface area contributed by atoms with Crippen LogP contribution >= 0.6 is 0 Å². The van der Waals surface area contributed by atoms with Crippen LogP contribution in [0.2, 0.25) is 0 Å². The SMILES string of the molecule is CCCO[C@@H]1O[C@@H](C)[C@H](OCc2ccccc2)[C@@H](OC(C)=O)[C@H]1O[C@@H]1O[C@H](CO)[C@H](O)[C@H](O)[C@H]1NC(C)=O. The molecule has 0 spiro atoms. The maximum atomic E-state index is 12.2. The molecule has 0 unspecified atom stereocenters. The molecular weight excluding hydrogens is 502 g/mol. The third-order valence-corrected chi connectivity index (χ3v) is 6.34. The van der Waals surface area contributed by atoms with Gasteiger partial charge in [0.1, 0.15) is 30.5 Å². The summed E-state index contributed by atoms with van der Waals surface area (Å²) in [6.45, 7) is 6.07. The van der Waals surface area contributed by atoms with E-state index in [9.17, 15) is 24.9 Å². The van der Waals surface area contributed by atoms with Gasteiger partial charge in [-0.2, -0.15) is 0 Å². The first-order chi connectivity index (χ1) is 18.2. The van der Waals surface area contributed by atoms with Gasteiger partial charge >= 0.3 is 5.97 Å². The zero-order chi connectivity index (χ0) is 27.8. The lowest BCUT2D eigenvalue weighted by Gasteiger charge is -2.48. The first-order valence-corrected chi connectivity index (χ1v) is 12.8. The van der Waals surface area contributed by atoms with Crippen LogP contribution in [0.5, 0.6) is 0 Å². The quantitative estimate of drug-likeness (QED) is 0.279. The molecule has 12 nitrogen and oxygen atoms in total. The number of rotatable bonds is 11. The topological polar surface area (TPSA) is 162 Å². The molecule has 0 aromatic heterocycles. The molecule has 2 heterocycles. The van der Waals surface area contributed by atoms with Crippen LogP contribution in [0.15, 0.2) is 30.3 Å². The molecule has 2 aliphatic heterocycles. The van der Waals surface area contributed by atoms with Crippen molar-refractivity contribution in [3.8, 4) is 0 Å². The maximum Gasteiger partial charge on any atom is 0.303 e. The molecule has 12 heteroatoms. The molecule has 2 fully saturated rings. The minimum absolute atomic E-state index is 0.204. The molecule has 1 aromatic rings. The number of nitrogens with one attached hydrogen (secondary N) is 1. The Bertz CT molecular complexity index is 887. The van der Waals surface area contributed by atoms with Gasteiger partial charge < -0.3 is 49.1 Å². The van der Waals surface area contributed by atoms with Crippen molar-refractivity contribution in [1.82, 2.24) is 5.32 Å². The number of carbonyl (C=O) groups excluding carboxylic acids is 2. The van der Waals surface area contributed by atoms with Crippen molar-refractivity contribution in [2.24, 2.45) is 0 Å². The standard InChI is InChI=1S/C26H39NO11/c1-5-11-33-26-24(38-25-19(27-15(3)29)21(32)20(31)18(12-28)37-25)23(36-16(4)30)22(14(2)35-26)34-13-17-9-7-6-8-10-17/h6-10,14,18-26,28,31-32H,5,11-13H2,1-4H3,(H,27,29)/t14-,18+,19+,20-,21+,22-,23+,24+,25-,26+/m0/s1. The second-order valence-electron chi connectivity index (χ2n) is 9.45. The van der Waals surface area contributed by atoms with Crippen molar-refractivity contribution in [3.05, 3.63) is 35.9 Å². The molecule has 0 aliphatic carbocycles. The van der Waals surface area contributed by atoms with E-state index in [1.807, 2.05) is 37.3 Å². The van der Waals surface area contributed by atoms with Crippen molar-refractivity contribution in [3.63, 3.8) is 0 Å². The largest absolute Gasteiger partial charge is 0.457 e. The Balaban J connectivity index is 1.92. The van der Waals surface area contributed by atoms with Crippen molar-refractivity contribution >= 4 is 11.9 Å². The monoisotopic (exact) mass is 541 g/mol. The van der Waals surface area contributed by atoms with Crippen LogP contribution in [0, 0.1) is 0 Å². The van der Waals surface area contributed by atoms with Crippen molar-refractivity contribution in [2.45, 2.75) is 102 Å². The Morgan fingerprint density at radius 2 is 1.68 bits per heavy atom. The molecule has 4 N–H and O–H groups in total. The summed E-state index contributed by atoms with van der Waals surface area (Å²) in [4.78, 5) is 24.1. The predicted octanol–water partition coefficient (Wildman–Crippen LogP) is 0.00380. The highest BCUT2D eigenvalue weighted by molar-refractivity contribution is 5.73. The van der Waals surface area contributed by atoms with E-state index >= 15 is 0 Å². The highest BCUT2D eigenvalue weighted by Gasteiger charge is 2.53. The van der Waals surface area contributed by atoms with Gasteiger partial charge in [0, 0.05) is 20.5 Å². The zero-order valence-corrected chi connectivity index (χ0v) is 22.1. The van der Waals surface area contributed by atoms with Crippen LogP contribution in [-0.2, 0) is 44.6 Å². The summed E-state index contributed by atoms with van der Waals surface area (Å²) < 4.78 is 35.8. The molecule has 1 amide bonds. The van der Waals surface area contributed by atoms with Gasteiger partial charge in [-0.25, -0.2) is 0 Å². The van der Waals surface area contributed by atoms with Crippen molar-refractivity contribution < 1.29 is 53.3 Å². The highest BCUT2D eigenvalue weighted by atomic mass is 16.8. The summed E-state index contributed by atoms with van der Waals surface area (Å²) in [6, 6.07) is 8.22. The number of amides is 1. The second-order valence-corrected chi connectivity index (χ2v) is 9.45. The van der Waals surface area contributed by atoms with Gasteiger partial charge in [-0.05, 0) is 18.9 Å². The Labute approximate surface area is 222 Å². The van der Waals surface area contributed by atoms with Crippen LogP contribution < -0.4 is 5.32 Å². The Kier molecular flexibility index (Phi) is 11.4. The number of carbonyl (C=O) groups is 2. The minimum Gasteiger partial charge on any atom is -0.457 e. The summed E-state index contributed by atoms with van der Waals surface area (Å²) in [5.74, 6) is -1.10. The summed E-state index contributed by atoms with van der Waals surface area (Å²) in [5, 5.41) is 33.3. The fourth-order valence-electron chi connectivity index (χ4n) is 4.55. The van der Waals surface area contributed by atoms with Crippen molar-refractivity contribution in [1.29, 1.82) is 0 Å². The molecule has 38 heavy (non-hydrogen) atoms. The third-order valence-electron chi connectivity index (χ3n) is 6.34. The molecule has 0 bridgehead atoms. The predicted molar refractivity (Wildman–Crippen MR) is 131 cm³/mol. The van der Waals surface area contributed by atoms with Gasteiger partial charge in [-0.15, -0.1) is 0 Å². The number of benzene rings is 1. The van der Waals surface area contributed by atoms with Gasteiger partial charge in [0.15, 0.2) is 24.8 Å². The molecule has 2 aliphatic rings. The number of aliphatic hydroxyl groups excluding tert-OH is 3. The molecule has 0 radical (unpaired) electrons. The minimum atomic E-state index is -1.52. The van der Waals surface area contributed by atoms with E-state index in [1.165, 1.54) is 13.8 Å². The lowest BCUT2D eigenvalue weighted by molar-refractivity contribution is -0.355. The maximum absolute atomic E-state index is 12.2. The van der Waals surface area contributed by atoms with Crippen molar-refractivity contribution in [2.75, 3.05) is 13.2 Å². The van der Waals surface area contributed by atoms with Crippen LogP contribution in [-0.4, -0.2) is 102 Å². The van der Waals surface area contributed by atoms with Gasteiger partial charge in [-0.1, -0.05) is 37.3 Å². The van der Waals surface area contributed by atoms with E-state index in [4.69, 9.17) is 28.4 Å².